The number of phosphoric ester groups is 1. The molecule has 3 N–H and O–H groups in total. The van der Waals surface area contributed by atoms with Gasteiger partial charge in [-0.15, -0.1) is 0 Å². The molecular weight excluding hydrogens is 671 g/mol. The summed E-state index contributed by atoms with van der Waals surface area (Å²) in [4.78, 5) is 34.8. The lowest BCUT2D eigenvalue weighted by Gasteiger charge is -2.20. The summed E-state index contributed by atoms with van der Waals surface area (Å²) < 4.78 is 32.6. The van der Waals surface area contributed by atoms with Gasteiger partial charge in [0.25, 0.3) is 0 Å². The molecule has 0 amide bonds. The Bertz CT molecular complexity index is 910. The van der Waals surface area contributed by atoms with Crippen molar-refractivity contribution in [2.24, 2.45) is 0 Å². The van der Waals surface area contributed by atoms with Crippen molar-refractivity contribution in [3.63, 3.8) is 0 Å². The van der Waals surface area contributed by atoms with Gasteiger partial charge in [-0.25, -0.2) is 4.57 Å². The molecular formula is C40H75O10P. The third kappa shape index (κ3) is 36.6. The average Bonchev–Trinajstić information content (AvgIpc) is 3.12. The minimum Gasteiger partial charge on any atom is -0.462 e. The summed E-state index contributed by atoms with van der Waals surface area (Å²) in [5, 5.41) is 18.3. The lowest BCUT2D eigenvalue weighted by Crippen LogP contribution is -2.29. The van der Waals surface area contributed by atoms with E-state index < -0.39 is 51.8 Å². The molecule has 11 heteroatoms. The summed E-state index contributed by atoms with van der Waals surface area (Å²) in [5.74, 6) is -0.975. The molecule has 51 heavy (non-hydrogen) atoms. The molecule has 0 rings (SSSR count). The standard InChI is InChI=1S/C40H75O10P/c1-3-5-7-9-11-13-15-16-17-18-19-20-22-24-26-28-30-32-40(44)50-38(36-49-51(45,46)48-34-37(42)33-41)35-47-39(43)31-29-27-25-23-21-14-12-10-8-6-4-2/h19-20,24,26,37-38,41-42H,3-18,21-23,25,27-36H2,1-2H3,(H,45,46)/b20-19+,26-24+/t37-,38+/m0/s1. The van der Waals surface area contributed by atoms with Gasteiger partial charge in [0.1, 0.15) is 12.7 Å². The topological polar surface area (TPSA) is 149 Å². The Morgan fingerprint density at radius 1 is 0.588 bits per heavy atom. The number of carbonyl (C=O) groups excluding carboxylic acids is 2. The van der Waals surface area contributed by atoms with Crippen LogP contribution in [0, 0.1) is 0 Å². The van der Waals surface area contributed by atoms with Crippen LogP contribution in [-0.2, 0) is 32.7 Å². The normalized spacial score (nSPS) is 14.2. The van der Waals surface area contributed by atoms with Crippen molar-refractivity contribution in [3.05, 3.63) is 24.3 Å². The van der Waals surface area contributed by atoms with E-state index in [0.29, 0.717) is 19.3 Å². The average molecular weight is 747 g/mol. The minimum absolute atomic E-state index is 0.123. The number of ether oxygens (including phenoxy) is 2. The summed E-state index contributed by atoms with van der Waals surface area (Å²) in [6.07, 6.45) is 34.4. The van der Waals surface area contributed by atoms with Crippen molar-refractivity contribution in [2.45, 2.75) is 193 Å². The number of esters is 2. The molecule has 0 heterocycles. The number of unbranched alkanes of at least 4 members (excludes halogenated alkanes) is 20. The van der Waals surface area contributed by atoms with Crippen molar-refractivity contribution in [1.82, 2.24) is 0 Å². The summed E-state index contributed by atoms with van der Waals surface area (Å²) in [5.41, 5.74) is 0. The van der Waals surface area contributed by atoms with E-state index in [0.717, 1.165) is 32.1 Å². The van der Waals surface area contributed by atoms with Crippen LogP contribution in [0.5, 0.6) is 0 Å². The largest absolute Gasteiger partial charge is 0.472 e. The number of phosphoric acid groups is 1. The Hall–Kier alpha value is -1.55. The van der Waals surface area contributed by atoms with Gasteiger partial charge in [-0.1, -0.05) is 154 Å². The number of aliphatic hydroxyl groups excluding tert-OH is 2. The van der Waals surface area contributed by atoms with E-state index in [1.807, 2.05) is 6.08 Å². The van der Waals surface area contributed by atoms with Crippen molar-refractivity contribution >= 4 is 19.8 Å². The lowest BCUT2D eigenvalue weighted by molar-refractivity contribution is -0.161. The fourth-order valence-corrected chi connectivity index (χ4v) is 6.23. The highest BCUT2D eigenvalue weighted by Gasteiger charge is 2.27. The quantitative estimate of drug-likeness (QED) is 0.0241. The number of aliphatic hydroxyl groups is 2. The van der Waals surface area contributed by atoms with Crippen LogP contribution in [0.15, 0.2) is 24.3 Å². The highest BCUT2D eigenvalue weighted by Crippen LogP contribution is 2.43. The van der Waals surface area contributed by atoms with E-state index >= 15 is 0 Å². The molecule has 10 nitrogen and oxygen atoms in total. The van der Waals surface area contributed by atoms with Gasteiger partial charge in [0.15, 0.2) is 6.10 Å². The predicted octanol–water partition coefficient (Wildman–Crippen LogP) is 10.2. The van der Waals surface area contributed by atoms with E-state index in [1.54, 1.807) is 0 Å². The zero-order valence-electron chi connectivity index (χ0n) is 32.3. The van der Waals surface area contributed by atoms with Crippen molar-refractivity contribution in [3.8, 4) is 0 Å². The molecule has 0 aromatic rings. The van der Waals surface area contributed by atoms with Crippen LogP contribution < -0.4 is 0 Å². The molecule has 0 aliphatic rings. The second kappa shape index (κ2) is 36.8. The van der Waals surface area contributed by atoms with E-state index in [2.05, 4.69) is 36.6 Å². The number of hydrogen-bond acceptors (Lipinski definition) is 9. The minimum atomic E-state index is -4.62. The number of carbonyl (C=O) groups is 2. The number of hydrogen-bond donors (Lipinski definition) is 3. The van der Waals surface area contributed by atoms with E-state index in [9.17, 15) is 24.2 Å². The molecule has 0 saturated heterocycles. The van der Waals surface area contributed by atoms with Crippen LogP contribution >= 0.6 is 7.82 Å². The van der Waals surface area contributed by atoms with Crippen LogP contribution in [0.3, 0.4) is 0 Å². The predicted molar refractivity (Wildman–Crippen MR) is 205 cm³/mol. The maximum absolute atomic E-state index is 12.5. The first-order valence-electron chi connectivity index (χ1n) is 20.3. The summed E-state index contributed by atoms with van der Waals surface area (Å²) in [6.45, 7) is 2.32. The lowest BCUT2D eigenvalue weighted by atomic mass is 10.1. The van der Waals surface area contributed by atoms with Gasteiger partial charge in [-0.3, -0.25) is 18.6 Å². The van der Waals surface area contributed by atoms with Crippen LogP contribution in [-0.4, -0.2) is 65.7 Å². The monoisotopic (exact) mass is 747 g/mol. The van der Waals surface area contributed by atoms with Crippen LogP contribution in [0.2, 0.25) is 0 Å². The third-order valence-corrected chi connectivity index (χ3v) is 9.56. The van der Waals surface area contributed by atoms with Gasteiger partial charge in [0.05, 0.1) is 19.8 Å². The molecule has 0 aromatic heterocycles. The molecule has 0 spiro atoms. The smallest absolute Gasteiger partial charge is 0.462 e. The molecule has 0 aliphatic heterocycles. The Morgan fingerprint density at radius 2 is 1.04 bits per heavy atom. The van der Waals surface area contributed by atoms with E-state index in [1.165, 1.54) is 103 Å². The molecule has 0 aromatic carbocycles. The summed E-state index contributed by atoms with van der Waals surface area (Å²) >= 11 is 0. The highest BCUT2D eigenvalue weighted by atomic mass is 31.2. The van der Waals surface area contributed by atoms with Crippen LogP contribution in [0.4, 0.5) is 0 Å². The van der Waals surface area contributed by atoms with Gasteiger partial charge in [0.2, 0.25) is 0 Å². The van der Waals surface area contributed by atoms with Crippen molar-refractivity contribution < 1.29 is 47.8 Å². The van der Waals surface area contributed by atoms with Gasteiger partial charge in [-0.05, 0) is 38.5 Å². The third-order valence-electron chi connectivity index (χ3n) is 8.61. The van der Waals surface area contributed by atoms with Gasteiger partial charge >= 0.3 is 19.8 Å². The van der Waals surface area contributed by atoms with E-state index in [4.69, 9.17) is 19.1 Å². The fourth-order valence-electron chi connectivity index (χ4n) is 5.44. The fraction of sp³-hybridized carbons (Fsp3) is 0.850. The molecule has 0 radical (unpaired) electrons. The van der Waals surface area contributed by atoms with Crippen LogP contribution in [0.1, 0.15) is 181 Å². The first-order chi connectivity index (χ1) is 24.7. The number of rotatable bonds is 38. The Balaban J connectivity index is 4.38. The molecule has 1 unspecified atom stereocenters. The molecule has 0 fully saturated rings. The molecule has 3 atom stereocenters. The Labute approximate surface area is 310 Å². The van der Waals surface area contributed by atoms with Gasteiger partial charge in [-0.2, -0.15) is 0 Å². The molecule has 300 valence electrons. The number of allylic oxidation sites excluding steroid dienone is 4. The zero-order chi connectivity index (χ0) is 37.7. The maximum Gasteiger partial charge on any atom is 0.472 e. The maximum atomic E-state index is 12.5. The summed E-state index contributed by atoms with van der Waals surface area (Å²) in [6, 6.07) is 0. The molecule has 0 bridgehead atoms. The van der Waals surface area contributed by atoms with Crippen molar-refractivity contribution in [2.75, 3.05) is 26.4 Å². The van der Waals surface area contributed by atoms with Crippen LogP contribution in [0.25, 0.3) is 0 Å². The Kier molecular flexibility index (Phi) is 35.7. The van der Waals surface area contributed by atoms with E-state index in [-0.39, 0.29) is 19.4 Å². The highest BCUT2D eigenvalue weighted by molar-refractivity contribution is 7.47. The SMILES string of the molecule is CCCCCCCCCCC/C=C/C/C=C/CCCC(=O)O[C@H](COC(=O)CCCCCCCCCCCCC)COP(=O)(O)OC[C@@H](O)CO. The summed E-state index contributed by atoms with van der Waals surface area (Å²) in [7, 11) is -4.62. The van der Waals surface area contributed by atoms with Crippen molar-refractivity contribution in [1.29, 1.82) is 0 Å². The first kappa shape index (κ1) is 49.5. The van der Waals surface area contributed by atoms with Gasteiger partial charge < -0.3 is 24.6 Å². The first-order valence-corrected chi connectivity index (χ1v) is 21.8. The second-order valence-electron chi connectivity index (χ2n) is 13.7. The molecule has 0 aliphatic carbocycles. The second-order valence-corrected chi connectivity index (χ2v) is 15.1. The van der Waals surface area contributed by atoms with Gasteiger partial charge in [0, 0.05) is 12.8 Å². The zero-order valence-corrected chi connectivity index (χ0v) is 33.2. The molecule has 0 saturated carbocycles. The Morgan fingerprint density at radius 3 is 1.57 bits per heavy atom.